The molecule has 38 valence electrons. The number of unbranched alkanes of at least 4 members (excludes halogenated alkanes) is 1. The monoisotopic (exact) mass is 96.1 g/mol. The second kappa shape index (κ2) is 5.52. The summed E-state index contributed by atoms with van der Waals surface area (Å²) < 4.78 is 0. The fourth-order valence-corrected chi connectivity index (χ4v) is 0.249. The van der Waals surface area contributed by atoms with E-state index in [1.165, 1.54) is 0 Å². The highest BCUT2D eigenvalue weighted by Crippen LogP contribution is 1.81. The quantitative estimate of drug-likeness (QED) is 0.361. The summed E-state index contributed by atoms with van der Waals surface area (Å²) in [5.41, 5.74) is 0. The molecular weight excluding hydrogens is 88.1 g/mol. The van der Waals surface area contributed by atoms with Crippen LogP contribution in [0.5, 0.6) is 0 Å². The van der Waals surface area contributed by atoms with Crippen molar-refractivity contribution in [2.24, 2.45) is 0 Å². The van der Waals surface area contributed by atoms with Crippen molar-refractivity contribution in [3.8, 4) is 11.8 Å². The lowest BCUT2D eigenvalue weighted by atomic mass is 10.3. The number of rotatable bonds is 2. The molecule has 0 aliphatic carbocycles. The lowest BCUT2D eigenvalue weighted by Crippen LogP contribution is -1.75. The molecule has 1 heteroatoms. The van der Waals surface area contributed by atoms with Gasteiger partial charge >= 0.3 is 0 Å². The average Bonchev–Trinajstić information content (AvgIpc) is 1.69. The minimum Gasteiger partial charge on any atom is -0.237 e. The van der Waals surface area contributed by atoms with E-state index in [9.17, 15) is 5.11 Å². The van der Waals surface area contributed by atoms with Gasteiger partial charge in [-0.25, -0.2) is 5.11 Å². The molecule has 0 amide bonds. The van der Waals surface area contributed by atoms with Crippen LogP contribution >= 0.6 is 0 Å². The molecule has 0 heterocycles. The largest absolute Gasteiger partial charge is 0.237 e. The molecule has 0 fully saturated rings. The maximum absolute atomic E-state index is 9.72. The van der Waals surface area contributed by atoms with E-state index in [0.29, 0.717) is 12.8 Å². The summed E-state index contributed by atoms with van der Waals surface area (Å²) in [7, 11) is 0. The predicted octanol–water partition coefficient (Wildman–Crippen LogP) is 1.03. The lowest BCUT2D eigenvalue weighted by Gasteiger charge is -1.78. The van der Waals surface area contributed by atoms with Gasteiger partial charge in [-0.15, -0.1) is 11.8 Å². The van der Waals surface area contributed by atoms with Crippen molar-refractivity contribution in [3.63, 3.8) is 0 Å². The fraction of sp³-hybridized carbons (Fsp3) is 0.500. The van der Waals surface area contributed by atoms with Gasteiger partial charge in [-0.3, -0.25) is 0 Å². The molecule has 0 N–H and O–H groups in total. The summed E-state index contributed by atoms with van der Waals surface area (Å²) in [6, 6.07) is 0. The first-order chi connectivity index (χ1) is 3.41. The molecular formula is C6H8O. The van der Waals surface area contributed by atoms with E-state index < -0.39 is 0 Å². The van der Waals surface area contributed by atoms with Gasteiger partial charge in [-0.2, -0.15) is 0 Å². The Bertz CT molecular complexity index is 75.9. The van der Waals surface area contributed by atoms with Crippen molar-refractivity contribution in [1.82, 2.24) is 0 Å². The van der Waals surface area contributed by atoms with Gasteiger partial charge in [-0.1, -0.05) is 0 Å². The van der Waals surface area contributed by atoms with Crippen LogP contribution in [0.1, 0.15) is 12.8 Å². The van der Waals surface area contributed by atoms with Crippen molar-refractivity contribution in [1.29, 1.82) is 0 Å². The zero-order valence-corrected chi connectivity index (χ0v) is 4.24. The van der Waals surface area contributed by atoms with Crippen molar-refractivity contribution >= 4 is 0 Å². The maximum Gasteiger partial charge on any atom is 0.0831 e. The molecule has 0 spiro atoms. The highest BCUT2D eigenvalue weighted by atomic mass is 16.2. The average molecular weight is 96.1 g/mol. The van der Waals surface area contributed by atoms with Gasteiger partial charge in [0.25, 0.3) is 0 Å². The van der Waals surface area contributed by atoms with E-state index in [1.54, 1.807) is 0 Å². The van der Waals surface area contributed by atoms with Crippen molar-refractivity contribution in [2.45, 2.75) is 12.8 Å². The van der Waals surface area contributed by atoms with Gasteiger partial charge in [0.15, 0.2) is 0 Å². The van der Waals surface area contributed by atoms with E-state index in [0.717, 1.165) is 0 Å². The summed E-state index contributed by atoms with van der Waals surface area (Å²) in [6.45, 7) is 3.28. The Hall–Kier alpha value is -0.480. The lowest BCUT2D eigenvalue weighted by molar-refractivity contribution is 0.190. The molecule has 2 radical (unpaired) electrons. The van der Waals surface area contributed by atoms with E-state index in [4.69, 9.17) is 0 Å². The summed E-state index contributed by atoms with van der Waals surface area (Å²) in [5.74, 6) is 5.15. The molecule has 7 heavy (non-hydrogen) atoms. The molecule has 0 aromatic rings. The van der Waals surface area contributed by atoms with Crippen LogP contribution in [0.3, 0.4) is 0 Å². The van der Waals surface area contributed by atoms with Crippen LogP contribution in [-0.4, -0.2) is 6.61 Å². The van der Waals surface area contributed by atoms with Crippen LogP contribution in [0.25, 0.3) is 0 Å². The molecule has 0 bridgehead atoms. The normalized spacial score (nSPS) is 7.14. The van der Waals surface area contributed by atoms with E-state index in [-0.39, 0.29) is 6.61 Å². The third-order valence-electron chi connectivity index (χ3n) is 0.571. The van der Waals surface area contributed by atoms with E-state index in [1.807, 2.05) is 0 Å². The SMILES string of the molecule is [CH2]C#CCCC[O]. The first kappa shape index (κ1) is 6.52. The second-order valence-corrected chi connectivity index (χ2v) is 1.16. The van der Waals surface area contributed by atoms with Gasteiger partial charge in [-0.05, 0) is 6.42 Å². The summed E-state index contributed by atoms with van der Waals surface area (Å²) in [5, 5.41) is 9.72. The molecule has 0 saturated carbocycles. The zero-order valence-electron chi connectivity index (χ0n) is 4.24. The Morgan fingerprint density at radius 3 is 2.71 bits per heavy atom. The zero-order chi connectivity index (χ0) is 5.54. The summed E-state index contributed by atoms with van der Waals surface area (Å²) in [4.78, 5) is 0. The Morgan fingerprint density at radius 2 is 2.29 bits per heavy atom. The molecule has 0 rings (SSSR count). The molecule has 0 saturated heterocycles. The molecule has 0 atom stereocenters. The van der Waals surface area contributed by atoms with Gasteiger partial charge in [0.2, 0.25) is 0 Å². The van der Waals surface area contributed by atoms with Crippen LogP contribution in [-0.2, 0) is 5.11 Å². The first-order valence-electron chi connectivity index (χ1n) is 2.25. The van der Waals surface area contributed by atoms with Gasteiger partial charge in [0.05, 0.1) is 6.61 Å². The Morgan fingerprint density at radius 1 is 1.57 bits per heavy atom. The van der Waals surface area contributed by atoms with Gasteiger partial charge < -0.3 is 0 Å². The molecule has 0 aromatic carbocycles. The number of hydrogen-bond donors (Lipinski definition) is 0. The van der Waals surface area contributed by atoms with Gasteiger partial charge in [0.1, 0.15) is 0 Å². The molecule has 0 aromatic heterocycles. The Labute approximate surface area is 44.4 Å². The molecule has 0 aliphatic rings. The van der Waals surface area contributed by atoms with Crippen LogP contribution in [0.4, 0.5) is 0 Å². The van der Waals surface area contributed by atoms with E-state index in [2.05, 4.69) is 18.8 Å². The maximum atomic E-state index is 9.72. The van der Waals surface area contributed by atoms with Crippen LogP contribution in [0, 0.1) is 18.8 Å². The minimum absolute atomic E-state index is 0.0192. The molecule has 0 unspecified atom stereocenters. The summed E-state index contributed by atoms with van der Waals surface area (Å²) >= 11 is 0. The molecule has 1 nitrogen and oxygen atoms in total. The second-order valence-electron chi connectivity index (χ2n) is 1.16. The van der Waals surface area contributed by atoms with Crippen molar-refractivity contribution < 1.29 is 5.11 Å². The first-order valence-corrected chi connectivity index (χ1v) is 2.25. The smallest absolute Gasteiger partial charge is 0.0831 e. The van der Waals surface area contributed by atoms with Crippen molar-refractivity contribution in [3.05, 3.63) is 6.92 Å². The predicted molar refractivity (Wildman–Crippen MR) is 27.9 cm³/mol. The molecule has 0 aliphatic heterocycles. The topological polar surface area (TPSA) is 19.9 Å². The Balaban J connectivity index is 2.78. The van der Waals surface area contributed by atoms with Crippen LogP contribution in [0.2, 0.25) is 0 Å². The minimum atomic E-state index is -0.0192. The van der Waals surface area contributed by atoms with E-state index >= 15 is 0 Å². The van der Waals surface area contributed by atoms with Crippen LogP contribution < -0.4 is 0 Å². The third kappa shape index (κ3) is 5.52. The van der Waals surface area contributed by atoms with Crippen molar-refractivity contribution in [2.75, 3.05) is 6.61 Å². The Kier molecular flexibility index (Phi) is 5.14. The summed E-state index contributed by atoms with van der Waals surface area (Å²) in [6.07, 6.45) is 1.36. The standard InChI is InChI=1S/C6H8O/c1-2-3-4-5-6-7/h1,4-6H2. The highest BCUT2D eigenvalue weighted by Gasteiger charge is 1.75. The number of hydrogen-bond acceptors (Lipinski definition) is 0. The highest BCUT2D eigenvalue weighted by molar-refractivity contribution is 5.00. The van der Waals surface area contributed by atoms with Gasteiger partial charge in [0, 0.05) is 13.3 Å². The third-order valence-corrected chi connectivity index (χ3v) is 0.571. The fourth-order valence-electron chi connectivity index (χ4n) is 0.249. The van der Waals surface area contributed by atoms with Crippen LogP contribution in [0.15, 0.2) is 0 Å².